The Kier molecular flexibility index (Phi) is 3.85. The molecule has 2 nitrogen and oxygen atoms in total. The molecule has 0 bridgehead atoms. The molecule has 6 rings (SSSR count). The van der Waals surface area contributed by atoms with Crippen LogP contribution in [0.5, 0.6) is 0 Å². The third-order valence-electron chi connectivity index (χ3n) is 6.78. The van der Waals surface area contributed by atoms with Crippen LogP contribution in [0.15, 0.2) is 97.1 Å². The second-order valence-electron chi connectivity index (χ2n) is 8.54. The average molecular weight is 400 g/mol. The van der Waals surface area contributed by atoms with Crippen molar-refractivity contribution in [1.82, 2.24) is 0 Å². The van der Waals surface area contributed by atoms with E-state index >= 15 is 0 Å². The van der Waals surface area contributed by atoms with Crippen molar-refractivity contribution in [3.63, 3.8) is 0 Å². The molecule has 2 aliphatic rings. The van der Waals surface area contributed by atoms with E-state index in [1.165, 1.54) is 0 Å². The average Bonchev–Trinajstić information content (AvgIpc) is 3.31. The van der Waals surface area contributed by atoms with E-state index in [2.05, 4.69) is 36.4 Å². The van der Waals surface area contributed by atoms with Gasteiger partial charge in [0.05, 0.1) is 0 Å². The van der Waals surface area contributed by atoms with E-state index in [9.17, 15) is 9.59 Å². The number of hydrogen-bond donors (Lipinski definition) is 0. The van der Waals surface area contributed by atoms with Gasteiger partial charge in [-0.25, -0.2) is 0 Å². The fraction of sp³-hybridized carbons (Fsp3) is 0.103. The highest BCUT2D eigenvalue weighted by molar-refractivity contribution is 6.30. The molecule has 2 heteroatoms. The Morgan fingerprint density at radius 1 is 0.484 bits per heavy atom. The Balaban J connectivity index is 1.52. The summed E-state index contributed by atoms with van der Waals surface area (Å²) in [5, 5.41) is 0. The molecule has 4 aromatic rings. The number of carbonyl (C=O) groups is 2. The molecule has 0 amide bonds. The highest BCUT2D eigenvalue weighted by atomic mass is 16.2. The molecule has 0 unspecified atom stereocenters. The number of rotatable bonds is 2. The topological polar surface area (TPSA) is 34.1 Å². The molecule has 4 aromatic carbocycles. The molecule has 1 spiro atoms. The van der Waals surface area contributed by atoms with E-state index < -0.39 is 5.41 Å². The lowest BCUT2D eigenvalue weighted by atomic mass is 9.80. The monoisotopic (exact) mass is 400 g/mol. The number of benzene rings is 4. The Bertz CT molecular complexity index is 1240. The van der Waals surface area contributed by atoms with Crippen molar-refractivity contribution in [3.05, 3.63) is 119 Å². The van der Waals surface area contributed by atoms with Gasteiger partial charge in [-0.15, -0.1) is 0 Å². The van der Waals surface area contributed by atoms with Crippen molar-refractivity contribution in [3.8, 4) is 22.3 Å². The summed E-state index contributed by atoms with van der Waals surface area (Å²) in [5.74, 6) is -0.0429. The first-order valence-electron chi connectivity index (χ1n) is 10.6. The maximum absolute atomic E-state index is 13.4. The smallest absolute Gasteiger partial charge is 0.178 e. The van der Waals surface area contributed by atoms with E-state index in [0.717, 1.165) is 33.4 Å². The van der Waals surface area contributed by atoms with Crippen molar-refractivity contribution in [1.29, 1.82) is 0 Å². The van der Waals surface area contributed by atoms with E-state index in [4.69, 9.17) is 0 Å². The maximum Gasteiger partial charge on any atom is 0.178 e. The lowest BCUT2D eigenvalue weighted by Gasteiger charge is -2.18. The summed E-state index contributed by atoms with van der Waals surface area (Å²) >= 11 is 0. The van der Waals surface area contributed by atoms with Crippen molar-refractivity contribution < 1.29 is 9.59 Å². The summed E-state index contributed by atoms with van der Waals surface area (Å²) in [6.45, 7) is 0. The fourth-order valence-corrected chi connectivity index (χ4v) is 5.26. The summed E-state index contributed by atoms with van der Waals surface area (Å²) < 4.78 is 0. The van der Waals surface area contributed by atoms with Crippen molar-refractivity contribution >= 4 is 11.6 Å². The van der Waals surface area contributed by atoms with Gasteiger partial charge in [-0.3, -0.25) is 9.59 Å². The number of ketones is 2. The SMILES string of the molecule is O=C1c2ccccc2C(=O)C12Cc1cc(-c3ccccc3)c(-c3ccccc3)cc1C2. The van der Waals surface area contributed by atoms with Gasteiger partial charge in [-0.05, 0) is 46.2 Å². The van der Waals surface area contributed by atoms with Gasteiger partial charge in [-0.2, -0.15) is 0 Å². The maximum atomic E-state index is 13.4. The fourth-order valence-electron chi connectivity index (χ4n) is 5.26. The predicted molar refractivity (Wildman–Crippen MR) is 122 cm³/mol. The van der Waals surface area contributed by atoms with E-state index in [1.807, 2.05) is 48.5 Å². The van der Waals surface area contributed by atoms with E-state index in [1.54, 1.807) is 12.1 Å². The van der Waals surface area contributed by atoms with Gasteiger partial charge in [-0.1, -0.05) is 97.1 Å². The Morgan fingerprint density at radius 3 is 1.29 bits per heavy atom. The van der Waals surface area contributed by atoms with E-state index in [0.29, 0.717) is 24.0 Å². The number of fused-ring (bicyclic) bond motifs is 2. The molecule has 2 aliphatic carbocycles. The highest BCUT2D eigenvalue weighted by Gasteiger charge is 2.55. The lowest BCUT2D eigenvalue weighted by molar-refractivity contribution is 0.0710. The second-order valence-corrected chi connectivity index (χ2v) is 8.54. The zero-order valence-electron chi connectivity index (χ0n) is 17.0. The van der Waals surface area contributed by atoms with Crippen LogP contribution in [0.1, 0.15) is 31.8 Å². The highest BCUT2D eigenvalue weighted by Crippen LogP contribution is 2.49. The molecule has 31 heavy (non-hydrogen) atoms. The van der Waals surface area contributed by atoms with Crippen LogP contribution < -0.4 is 0 Å². The van der Waals surface area contributed by atoms with Crippen molar-refractivity contribution in [2.75, 3.05) is 0 Å². The summed E-state index contributed by atoms with van der Waals surface area (Å²) in [6.07, 6.45) is 0.952. The largest absolute Gasteiger partial charge is 0.293 e. The standard InChI is InChI=1S/C29H20O2/c30-27-23-13-7-8-14-24(23)28(31)29(27)17-21-15-25(19-9-3-1-4-10-19)26(16-22(21)18-29)20-11-5-2-6-12-20/h1-16H,17-18H2. The minimum atomic E-state index is -0.977. The molecule has 148 valence electrons. The van der Waals surface area contributed by atoms with Gasteiger partial charge < -0.3 is 0 Å². The Morgan fingerprint density at radius 2 is 0.871 bits per heavy atom. The van der Waals surface area contributed by atoms with Crippen LogP contribution in [0.3, 0.4) is 0 Å². The molecule has 0 aromatic heterocycles. The van der Waals surface area contributed by atoms with Crippen molar-refractivity contribution in [2.45, 2.75) is 12.8 Å². The van der Waals surface area contributed by atoms with Gasteiger partial charge in [0, 0.05) is 11.1 Å². The first-order valence-corrected chi connectivity index (χ1v) is 10.6. The van der Waals surface area contributed by atoms with Crippen LogP contribution in [0.4, 0.5) is 0 Å². The molecule has 0 radical (unpaired) electrons. The van der Waals surface area contributed by atoms with Crippen LogP contribution >= 0.6 is 0 Å². The number of hydrogen-bond acceptors (Lipinski definition) is 2. The van der Waals surface area contributed by atoms with Crippen molar-refractivity contribution in [2.24, 2.45) is 5.41 Å². The zero-order chi connectivity index (χ0) is 21.0. The minimum absolute atomic E-state index is 0.0215. The van der Waals surface area contributed by atoms with Gasteiger partial charge in [0.15, 0.2) is 11.6 Å². The molecular weight excluding hydrogens is 380 g/mol. The third kappa shape index (κ3) is 2.58. The second kappa shape index (κ2) is 6.61. The van der Waals surface area contributed by atoms with Crippen LogP contribution in [0.2, 0.25) is 0 Å². The quantitative estimate of drug-likeness (QED) is 0.376. The van der Waals surface area contributed by atoms with E-state index in [-0.39, 0.29) is 11.6 Å². The van der Waals surface area contributed by atoms with Crippen LogP contribution in [0, 0.1) is 5.41 Å². The van der Waals surface area contributed by atoms with Gasteiger partial charge in [0.1, 0.15) is 5.41 Å². The summed E-state index contributed by atoms with van der Waals surface area (Å²) in [7, 11) is 0. The molecule has 0 fully saturated rings. The van der Waals surface area contributed by atoms with Crippen LogP contribution in [-0.4, -0.2) is 11.6 Å². The molecule has 0 N–H and O–H groups in total. The number of Topliss-reactive ketones (excluding diaryl/α,β-unsaturated/α-hetero) is 2. The molecule has 0 atom stereocenters. The van der Waals surface area contributed by atoms with Crippen LogP contribution in [-0.2, 0) is 12.8 Å². The first-order chi connectivity index (χ1) is 15.2. The first kappa shape index (κ1) is 18.0. The van der Waals surface area contributed by atoms with Gasteiger partial charge in [0.2, 0.25) is 0 Å². The Labute approximate surface area is 181 Å². The molecule has 0 heterocycles. The molecule has 0 saturated heterocycles. The molecule has 0 aliphatic heterocycles. The van der Waals surface area contributed by atoms with Crippen LogP contribution in [0.25, 0.3) is 22.3 Å². The normalized spacial score (nSPS) is 15.9. The zero-order valence-corrected chi connectivity index (χ0v) is 17.0. The molecular formula is C29H20O2. The summed E-state index contributed by atoms with van der Waals surface area (Å²) in [6, 6.07) is 32.3. The predicted octanol–water partition coefficient (Wildman–Crippen LogP) is 6.18. The summed E-state index contributed by atoms with van der Waals surface area (Å²) in [4.78, 5) is 26.8. The number of carbonyl (C=O) groups excluding carboxylic acids is 2. The lowest BCUT2D eigenvalue weighted by Crippen LogP contribution is -2.34. The Hall–Kier alpha value is -3.78. The minimum Gasteiger partial charge on any atom is -0.293 e. The molecule has 0 saturated carbocycles. The summed E-state index contributed by atoms with van der Waals surface area (Å²) in [5.41, 5.74) is 6.93. The third-order valence-corrected chi connectivity index (χ3v) is 6.78. The van der Waals surface area contributed by atoms with Gasteiger partial charge >= 0.3 is 0 Å². The van der Waals surface area contributed by atoms with Gasteiger partial charge in [0.25, 0.3) is 0 Å².